The Labute approximate surface area is 110 Å². The summed E-state index contributed by atoms with van der Waals surface area (Å²) in [5.41, 5.74) is 4.83. The lowest BCUT2D eigenvalue weighted by Crippen LogP contribution is -2.48. The van der Waals surface area contributed by atoms with Gasteiger partial charge in [0.25, 0.3) is 0 Å². The molecule has 104 valence electrons. The molecular weight excluding hydrogens is 258 g/mol. The predicted molar refractivity (Wildman–Crippen MR) is 69.4 cm³/mol. The molecule has 8 heteroatoms. The van der Waals surface area contributed by atoms with Gasteiger partial charge in [0.2, 0.25) is 5.91 Å². The molecule has 0 aliphatic rings. The number of hydrogen-bond acceptors (Lipinski definition) is 5. The van der Waals surface area contributed by atoms with E-state index in [1.165, 1.54) is 0 Å². The maximum Gasteiger partial charge on any atom is 0.321 e. The Bertz CT molecular complexity index is 328. The molecule has 0 aromatic heterocycles. The maximum atomic E-state index is 11.3. The van der Waals surface area contributed by atoms with Crippen molar-refractivity contribution in [1.29, 1.82) is 0 Å². The second-order valence-corrected chi connectivity index (χ2v) is 5.74. The number of imide groups is 1. The topological polar surface area (TPSA) is 122 Å². The van der Waals surface area contributed by atoms with Crippen LogP contribution in [0, 0.1) is 0 Å². The molecule has 7 nitrogen and oxygen atoms in total. The third-order valence-corrected chi connectivity index (χ3v) is 2.65. The smallest absolute Gasteiger partial charge is 0.321 e. The lowest BCUT2D eigenvalue weighted by Gasteiger charge is -2.20. The van der Waals surface area contributed by atoms with E-state index in [4.69, 9.17) is 10.8 Å². The Kier molecular flexibility index (Phi) is 6.71. The molecular formula is C10H19N3O4S. The lowest BCUT2D eigenvalue weighted by atomic mass is 10.1. The van der Waals surface area contributed by atoms with Crippen LogP contribution in [0.5, 0.6) is 0 Å². The first-order chi connectivity index (χ1) is 8.11. The summed E-state index contributed by atoms with van der Waals surface area (Å²) < 4.78 is 0. The fraction of sp³-hybridized carbons (Fsp3) is 0.700. The summed E-state index contributed by atoms with van der Waals surface area (Å²) in [5.74, 6) is -1.50. The number of carbonyl (C=O) groups is 3. The molecule has 0 heterocycles. The monoisotopic (exact) mass is 277 g/mol. The highest BCUT2D eigenvalue weighted by Crippen LogP contribution is 2.02. The summed E-state index contributed by atoms with van der Waals surface area (Å²) in [4.78, 5) is 33.0. The summed E-state index contributed by atoms with van der Waals surface area (Å²) in [6.45, 7) is 5.37. The van der Waals surface area contributed by atoms with Crippen LogP contribution in [0.25, 0.3) is 0 Å². The van der Waals surface area contributed by atoms with Crippen molar-refractivity contribution in [2.24, 2.45) is 5.73 Å². The first-order valence-electron chi connectivity index (χ1n) is 5.30. The number of carboxylic acids is 1. The summed E-state index contributed by atoms with van der Waals surface area (Å²) in [6, 6.07) is -1.58. The molecule has 0 saturated carbocycles. The van der Waals surface area contributed by atoms with Crippen molar-refractivity contribution in [3.8, 4) is 0 Å². The van der Waals surface area contributed by atoms with Crippen LogP contribution in [0.15, 0.2) is 0 Å². The van der Waals surface area contributed by atoms with Gasteiger partial charge in [-0.1, -0.05) is 0 Å². The number of aliphatic carboxylic acids is 1. The predicted octanol–water partition coefficient (Wildman–Crippen LogP) is -0.244. The molecule has 0 unspecified atom stereocenters. The van der Waals surface area contributed by atoms with Gasteiger partial charge in [0, 0.05) is 11.3 Å². The van der Waals surface area contributed by atoms with Gasteiger partial charge in [-0.2, -0.15) is 0 Å². The average molecular weight is 277 g/mol. The molecule has 3 amide bonds. The van der Waals surface area contributed by atoms with Gasteiger partial charge in [-0.05, 0) is 20.8 Å². The van der Waals surface area contributed by atoms with Crippen molar-refractivity contribution in [1.82, 2.24) is 10.6 Å². The minimum Gasteiger partial charge on any atom is -0.480 e. The number of carboxylic acid groups (broad SMARTS) is 1. The van der Waals surface area contributed by atoms with Gasteiger partial charge < -0.3 is 16.2 Å². The van der Waals surface area contributed by atoms with Crippen molar-refractivity contribution in [3.05, 3.63) is 0 Å². The fourth-order valence-electron chi connectivity index (χ4n) is 0.884. The second kappa shape index (κ2) is 7.22. The Morgan fingerprint density at radius 3 is 2.33 bits per heavy atom. The number of hydrogen-bond donors (Lipinski definition) is 4. The Morgan fingerprint density at radius 1 is 1.33 bits per heavy atom. The van der Waals surface area contributed by atoms with Gasteiger partial charge in [-0.3, -0.25) is 14.9 Å². The van der Waals surface area contributed by atoms with Crippen LogP contribution in [0.2, 0.25) is 0 Å². The zero-order chi connectivity index (χ0) is 14.3. The van der Waals surface area contributed by atoms with E-state index in [9.17, 15) is 14.4 Å². The Morgan fingerprint density at radius 2 is 1.89 bits per heavy atom. The fourth-order valence-corrected chi connectivity index (χ4v) is 1.66. The average Bonchev–Trinajstić information content (AvgIpc) is 2.13. The molecule has 5 N–H and O–H groups in total. The van der Waals surface area contributed by atoms with Crippen LogP contribution in [0.3, 0.4) is 0 Å². The van der Waals surface area contributed by atoms with Crippen molar-refractivity contribution >= 4 is 29.7 Å². The first kappa shape index (κ1) is 16.7. The molecule has 0 saturated heterocycles. The van der Waals surface area contributed by atoms with Crippen molar-refractivity contribution in [2.45, 2.75) is 32.4 Å². The minimum absolute atomic E-state index is 0.0153. The summed E-state index contributed by atoms with van der Waals surface area (Å²) in [5, 5.41) is 13.2. The number of carbonyl (C=O) groups excluding carboxylic acids is 2. The molecule has 18 heavy (non-hydrogen) atoms. The molecule has 0 rings (SSSR count). The molecule has 0 aliphatic heterocycles. The highest BCUT2D eigenvalue weighted by Gasteiger charge is 2.16. The standard InChI is InChI=1S/C10H19N3O4S/c1-10(2,3)13-9(17)12-7(14)5-18-4-6(11)8(15)16/h6H,4-5,11H2,1-3H3,(H,15,16)(H2,12,13,14,17)/t6-/m0/s1. The molecule has 0 aromatic carbocycles. The number of urea groups is 1. The van der Waals surface area contributed by atoms with Crippen molar-refractivity contribution < 1.29 is 19.5 Å². The van der Waals surface area contributed by atoms with E-state index >= 15 is 0 Å². The van der Waals surface area contributed by atoms with Crippen LogP contribution in [0.4, 0.5) is 4.79 Å². The van der Waals surface area contributed by atoms with Gasteiger partial charge in [0.05, 0.1) is 5.75 Å². The summed E-state index contributed by atoms with van der Waals surface area (Å²) in [6.07, 6.45) is 0. The maximum absolute atomic E-state index is 11.3. The molecule has 0 fully saturated rings. The zero-order valence-electron chi connectivity index (χ0n) is 10.6. The number of thioether (sulfide) groups is 1. The second-order valence-electron chi connectivity index (χ2n) is 4.71. The van der Waals surface area contributed by atoms with Gasteiger partial charge in [0.1, 0.15) is 6.04 Å². The third-order valence-electron chi connectivity index (χ3n) is 1.59. The number of rotatable bonds is 5. The third kappa shape index (κ3) is 8.82. The van der Waals surface area contributed by atoms with Crippen LogP contribution < -0.4 is 16.4 Å². The van der Waals surface area contributed by atoms with Gasteiger partial charge in [0.15, 0.2) is 0 Å². The van der Waals surface area contributed by atoms with E-state index in [1.54, 1.807) is 20.8 Å². The van der Waals surface area contributed by atoms with Crippen LogP contribution in [-0.4, -0.2) is 46.1 Å². The van der Waals surface area contributed by atoms with Gasteiger partial charge in [-0.15, -0.1) is 11.8 Å². The highest BCUT2D eigenvalue weighted by atomic mass is 32.2. The van der Waals surface area contributed by atoms with Crippen LogP contribution in [-0.2, 0) is 9.59 Å². The lowest BCUT2D eigenvalue weighted by molar-refractivity contribution is -0.138. The molecule has 0 aliphatic carbocycles. The minimum atomic E-state index is -1.12. The van der Waals surface area contributed by atoms with E-state index in [2.05, 4.69) is 10.6 Å². The van der Waals surface area contributed by atoms with E-state index in [1.807, 2.05) is 0 Å². The van der Waals surface area contributed by atoms with E-state index in [-0.39, 0.29) is 11.5 Å². The number of nitrogens with two attached hydrogens (primary N) is 1. The Hall–Kier alpha value is -1.28. The Balaban J connectivity index is 3.85. The first-order valence-corrected chi connectivity index (χ1v) is 6.45. The summed E-state index contributed by atoms with van der Waals surface area (Å²) in [7, 11) is 0. The van der Waals surface area contributed by atoms with Gasteiger partial charge in [-0.25, -0.2) is 4.79 Å². The SMILES string of the molecule is CC(C)(C)NC(=O)NC(=O)CSC[C@H](N)C(=O)O. The van der Waals surface area contributed by atoms with Crippen molar-refractivity contribution in [3.63, 3.8) is 0 Å². The zero-order valence-corrected chi connectivity index (χ0v) is 11.5. The van der Waals surface area contributed by atoms with Crippen LogP contribution >= 0.6 is 11.8 Å². The normalized spacial score (nSPS) is 12.7. The van der Waals surface area contributed by atoms with Crippen LogP contribution in [0.1, 0.15) is 20.8 Å². The van der Waals surface area contributed by atoms with Crippen molar-refractivity contribution in [2.75, 3.05) is 11.5 Å². The number of nitrogens with one attached hydrogen (secondary N) is 2. The molecule has 0 aromatic rings. The van der Waals surface area contributed by atoms with E-state index in [0.717, 1.165) is 11.8 Å². The number of amides is 3. The molecule has 1 atom stereocenters. The summed E-state index contributed by atoms with van der Waals surface area (Å²) >= 11 is 1.06. The molecule has 0 bridgehead atoms. The van der Waals surface area contributed by atoms with Gasteiger partial charge >= 0.3 is 12.0 Å². The highest BCUT2D eigenvalue weighted by molar-refractivity contribution is 8.00. The quantitative estimate of drug-likeness (QED) is 0.550. The molecule has 0 radical (unpaired) electrons. The molecule has 0 spiro atoms. The largest absolute Gasteiger partial charge is 0.480 e. The van der Waals surface area contributed by atoms with E-state index < -0.39 is 29.5 Å². The van der Waals surface area contributed by atoms with E-state index in [0.29, 0.717) is 0 Å².